The van der Waals surface area contributed by atoms with Crippen LogP contribution in [0, 0.1) is 11.8 Å². The van der Waals surface area contributed by atoms with Gasteiger partial charge in [-0.25, -0.2) is 0 Å². The third-order valence-electron chi connectivity index (χ3n) is 6.32. The van der Waals surface area contributed by atoms with E-state index in [0.717, 1.165) is 11.1 Å². The SMILES string of the molecule is NC(=C1C(=NC(c2ccccc2)c2ccccc2)NC(=O)[C@@H](O)[C@@H]1C(F)(F)F)C1CCNCC1. The molecule has 180 valence electrons. The van der Waals surface area contributed by atoms with Crippen molar-refractivity contribution in [3.05, 3.63) is 83.1 Å². The van der Waals surface area contributed by atoms with Crippen LogP contribution in [0.5, 0.6) is 0 Å². The van der Waals surface area contributed by atoms with E-state index in [-0.39, 0.29) is 23.0 Å². The van der Waals surface area contributed by atoms with Crippen LogP contribution in [0.4, 0.5) is 13.2 Å². The van der Waals surface area contributed by atoms with Crippen molar-refractivity contribution < 1.29 is 23.1 Å². The Morgan fingerprint density at radius 3 is 2.03 bits per heavy atom. The van der Waals surface area contributed by atoms with Crippen molar-refractivity contribution in [2.75, 3.05) is 13.1 Å². The van der Waals surface area contributed by atoms with E-state index in [1.54, 1.807) is 0 Å². The van der Waals surface area contributed by atoms with E-state index in [4.69, 9.17) is 5.73 Å². The van der Waals surface area contributed by atoms with Gasteiger partial charge in [-0.2, -0.15) is 13.2 Å². The van der Waals surface area contributed by atoms with E-state index in [9.17, 15) is 23.1 Å². The molecule has 2 aromatic carbocycles. The first kappa shape index (κ1) is 24.0. The number of halogens is 3. The minimum Gasteiger partial charge on any atom is -0.401 e. The minimum atomic E-state index is -4.89. The van der Waals surface area contributed by atoms with Gasteiger partial charge in [0.05, 0.1) is 0 Å². The van der Waals surface area contributed by atoms with Crippen molar-refractivity contribution in [1.29, 1.82) is 0 Å². The molecule has 0 aliphatic carbocycles. The maximum absolute atomic E-state index is 14.2. The van der Waals surface area contributed by atoms with Gasteiger partial charge in [0.15, 0.2) is 0 Å². The fourth-order valence-electron chi connectivity index (χ4n) is 4.57. The van der Waals surface area contributed by atoms with Crippen LogP contribution in [0.1, 0.15) is 30.0 Å². The van der Waals surface area contributed by atoms with E-state index >= 15 is 0 Å². The zero-order valence-corrected chi connectivity index (χ0v) is 18.4. The number of hydrogen-bond acceptors (Lipinski definition) is 5. The van der Waals surface area contributed by atoms with Crippen LogP contribution in [-0.2, 0) is 4.79 Å². The second-order valence-corrected chi connectivity index (χ2v) is 8.55. The molecule has 0 spiro atoms. The van der Waals surface area contributed by atoms with Gasteiger partial charge >= 0.3 is 6.18 Å². The number of nitrogens with zero attached hydrogens (tertiary/aromatic N) is 1. The van der Waals surface area contributed by atoms with Crippen LogP contribution in [0.15, 0.2) is 76.9 Å². The molecule has 2 fully saturated rings. The summed E-state index contributed by atoms with van der Waals surface area (Å²) in [5.74, 6) is -4.17. The van der Waals surface area contributed by atoms with Gasteiger partial charge in [0, 0.05) is 17.2 Å². The van der Waals surface area contributed by atoms with E-state index < -0.39 is 30.1 Å². The second kappa shape index (κ2) is 9.99. The Bertz CT molecular complexity index is 1030. The van der Waals surface area contributed by atoms with Crippen molar-refractivity contribution in [2.45, 2.75) is 31.2 Å². The second-order valence-electron chi connectivity index (χ2n) is 8.55. The van der Waals surface area contributed by atoms with Crippen molar-refractivity contribution in [3.8, 4) is 0 Å². The molecule has 0 saturated carbocycles. The maximum Gasteiger partial charge on any atom is 0.398 e. The molecule has 0 radical (unpaired) electrons. The van der Waals surface area contributed by atoms with Gasteiger partial charge in [-0.1, -0.05) is 60.7 Å². The normalized spacial score (nSPS) is 24.9. The third kappa shape index (κ3) is 5.00. The first-order valence-corrected chi connectivity index (χ1v) is 11.2. The number of carbonyl (C=O) groups excluding carboxylic acids is 1. The molecular formula is C25H27F3N4O2. The molecule has 2 aliphatic rings. The molecule has 0 aromatic heterocycles. The predicted molar refractivity (Wildman–Crippen MR) is 123 cm³/mol. The van der Waals surface area contributed by atoms with E-state index in [1.165, 1.54) is 0 Å². The Hall–Kier alpha value is -3.17. The average Bonchev–Trinajstić information content (AvgIpc) is 2.84. The van der Waals surface area contributed by atoms with Crippen LogP contribution in [-0.4, -0.2) is 42.2 Å². The number of rotatable bonds is 4. The number of nitrogens with one attached hydrogen (secondary N) is 2. The lowest BCUT2D eigenvalue weighted by Gasteiger charge is -2.36. The molecule has 2 aromatic rings. The molecular weight excluding hydrogens is 445 g/mol. The van der Waals surface area contributed by atoms with Crippen molar-refractivity contribution in [1.82, 2.24) is 10.6 Å². The summed E-state index contributed by atoms with van der Waals surface area (Å²) >= 11 is 0. The van der Waals surface area contributed by atoms with Gasteiger partial charge in [-0.3, -0.25) is 9.79 Å². The number of amidine groups is 1. The largest absolute Gasteiger partial charge is 0.401 e. The molecule has 0 bridgehead atoms. The fraction of sp³-hybridized carbons (Fsp3) is 0.360. The van der Waals surface area contributed by atoms with Crippen LogP contribution < -0.4 is 16.4 Å². The first-order valence-electron chi connectivity index (χ1n) is 11.2. The highest BCUT2D eigenvalue weighted by atomic mass is 19.4. The molecule has 2 aliphatic heterocycles. The van der Waals surface area contributed by atoms with E-state index in [0.29, 0.717) is 25.9 Å². The number of carbonyl (C=O) groups is 1. The van der Waals surface area contributed by atoms with Gasteiger partial charge < -0.3 is 21.5 Å². The monoisotopic (exact) mass is 472 g/mol. The molecule has 5 N–H and O–H groups in total. The van der Waals surface area contributed by atoms with Gasteiger partial charge in [-0.05, 0) is 37.1 Å². The molecule has 1 amide bonds. The quantitative estimate of drug-likeness (QED) is 0.550. The number of allylic oxidation sites excluding steroid dienone is 1. The average molecular weight is 473 g/mol. The van der Waals surface area contributed by atoms with Crippen LogP contribution >= 0.6 is 0 Å². The standard InChI is InChI=1S/C25H27F3N4O2/c26-25(27,28)19-18(20(29)15-11-13-30-14-12-15)23(32-24(34)22(19)33)31-21(16-7-3-1-4-8-16)17-9-5-2-6-10-17/h1-10,15,19,21-22,30,33H,11-14,29H2,(H,31,32,34)/t19-,22+/m1/s1. The highest BCUT2D eigenvalue weighted by Crippen LogP contribution is 2.40. The molecule has 2 atom stereocenters. The summed E-state index contributed by atoms with van der Waals surface area (Å²) in [5, 5.41) is 15.9. The zero-order chi connectivity index (χ0) is 24.3. The summed E-state index contributed by atoms with van der Waals surface area (Å²) in [6, 6.07) is 17.5. The number of alkyl halides is 3. The Morgan fingerprint density at radius 2 is 1.53 bits per heavy atom. The molecule has 4 rings (SSSR count). The minimum absolute atomic E-state index is 0.0153. The van der Waals surface area contributed by atoms with Gasteiger partial charge in [0.1, 0.15) is 23.9 Å². The van der Waals surface area contributed by atoms with Gasteiger partial charge in [-0.15, -0.1) is 0 Å². The fourth-order valence-corrected chi connectivity index (χ4v) is 4.57. The topological polar surface area (TPSA) is 99.7 Å². The lowest BCUT2D eigenvalue weighted by Crippen LogP contribution is -2.56. The van der Waals surface area contributed by atoms with Gasteiger partial charge in [0.25, 0.3) is 5.91 Å². The number of nitrogens with two attached hydrogens (primary N) is 1. The number of benzene rings is 2. The number of amides is 1. The number of hydrogen-bond donors (Lipinski definition) is 4. The van der Waals surface area contributed by atoms with Crippen LogP contribution in [0.25, 0.3) is 0 Å². The maximum atomic E-state index is 14.2. The smallest absolute Gasteiger partial charge is 0.398 e. The van der Waals surface area contributed by atoms with Crippen LogP contribution in [0.2, 0.25) is 0 Å². The lowest BCUT2D eigenvalue weighted by atomic mass is 9.81. The summed E-state index contributed by atoms with van der Waals surface area (Å²) in [5.41, 5.74) is 7.52. The molecule has 2 heterocycles. The number of aliphatic hydroxyl groups is 1. The molecule has 34 heavy (non-hydrogen) atoms. The Kier molecular flexibility index (Phi) is 7.04. The zero-order valence-electron chi connectivity index (χ0n) is 18.4. The van der Waals surface area contributed by atoms with E-state index in [1.807, 2.05) is 60.7 Å². The lowest BCUT2D eigenvalue weighted by molar-refractivity contribution is -0.191. The highest BCUT2D eigenvalue weighted by Gasteiger charge is 2.54. The number of aliphatic imine (C=N–C) groups is 1. The van der Waals surface area contributed by atoms with E-state index in [2.05, 4.69) is 15.6 Å². The summed E-state index contributed by atoms with van der Waals surface area (Å²) in [7, 11) is 0. The molecule has 2 saturated heterocycles. The summed E-state index contributed by atoms with van der Waals surface area (Å²) in [6.45, 7) is 1.24. The first-order chi connectivity index (χ1) is 16.3. The summed E-state index contributed by atoms with van der Waals surface area (Å²) in [6.07, 6.45) is -6.09. The Morgan fingerprint density at radius 1 is 1.00 bits per heavy atom. The van der Waals surface area contributed by atoms with Crippen molar-refractivity contribution in [3.63, 3.8) is 0 Å². The summed E-state index contributed by atoms with van der Waals surface area (Å²) in [4.78, 5) is 17.1. The van der Waals surface area contributed by atoms with Crippen molar-refractivity contribution >= 4 is 11.7 Å². The molecule has 6 nitrogen and oxygen atoms in total. The predicted octanol–water partition coefficient (Wildman–Crippen LogP) is 3.06. The Balaban J connectivity index is 1.90. The third-order valence-corrected chi connectivity index (χ3v) is 6.32. The van der Waals surface area contributed by atoms with Gasteiger partial charge in [0.2, 0.25) is 0 Å². The molecule has 0 unspecified atom stereocenters. The number of aliphatic hydroxyl groups excluding tert-OH is 1. The van der Waals surface area contributed by atoms with Crippen LogP contribution in [0.3, 0.4) is 0 Å². The highest BCUT2D eigenvalue weighted by molar-refractivity contribution is 6.13. The summed E-state index contributed by atoms with van der Waals surface area (Å²) < 4.78 is 42.6. The molecule has 9 heteroatoms. The number of piperidine rings is 2. The van der Waals surface area contributed by atoms with Crippen molar-refractivity contribution in [2.24, 2.45) is 22.6 Å². The Labute approximate surface area is 195 Å².